The Hall–Kier alpha value is -10.4. The van der Waals surface area contributed by atoms with Gasteiger partial charge in [0.15, 0.2) is 6.04 Å². The smallest absolute Gasteiger partial charge is 0.326 e. The lowest BCUT2D eigenvalue weighted by Crippen LogP contribution is -2.70. The van der Waals surface area contributed by atoms with Gasteiger partial charge in [0.25, 0.3) is 5.91 Å². The molecular weight excluding hydrogens is 1890 g/mol. The van der Waals surface area contributed by atoms with E-state index in [2.05, 4.69) is 132 Å². The molecule has 0 unspecified atom stereocenters. The topological polar surface area (TPSA) is 870 Å². The molecule has 22 atom stereocenters. The molecular formula is C87H164N27O25S2+5. The standard InChI is InChI=1S/C87H159N27O25S2/c1-10-45(3)65(111-82(134)66(46(4)11-2)110-71(123)51(92)44-140)81(133)109-59(41-115)76(128)98-48(6)69(121)104-57(32-40-141-9)85(137)114-39-22-29-63(114)80(132)112-67(50(8)118)83(135)103-54(25-14-18-35-90)75(127)107-61(43-117)78(130)108-60(42-116)77(129)102-55(27-20-37-96-87(94)95)73(125)101-52(23-12-16-33-88)72(124)97-47(5)68(120)100-53(24-13-17-34-89)74(126)105-56(26-15-19-36-91)84(136)113-38-21-28-62(113)79(131)99-49(7)70(122)106-58(86(138)139)30-31-64(93)119/h45-63,65-67,87,96,115-118,140H,10-44,88-92,94-95H2,1-9H3,(H2,93,119)(H,97,124)(H,98,128)(H,99,131)(H,100,120)(H,101,125)(H,102,129)(H,103,135)(H,104,121)(H,105,126)(H,106,122)(H,107,127)(H,108,130)(H,109,133)(H,110,123)(H,111,134)(H,112,132)(H,138,139)/p+5/t45-,46-,47-,48-,49-,50+,51-,52-,53-,54-,55-,56-,57-,58-,59-,60-,61-,62-,63-,65-,66-,67-/m0/s1. The summed E-state index contributed by atoms with van der Waals surface area (Å²) in [7, 11) is 0. The van der Waals surface area contributed by atoms with E-state index in [1.807, 2.05) is 6.92 Å². The number of quaternary nitrogens is 5. The molecule has 0 spiro atoms. The van der Waals surface area contributed by atoms with Crippen molar-refractivity contribution < 1.29 is 150 Å². The number of carbonyl (C=O) groups excluding carboxylic acids is 19. The Balaban J connectivity index is 2.39. The number of carboxylic acids is 1. The Morgan fingerprint density at radius 2 is 0.702 bits per heavy atom. The zero-order valence-electron chi connectivity index (χ0n) is 82.9. The van der Waals surface area contributed by atoms with Crippen LogP contribution in [0.3, 0.4) is 0 Å². The lowest BCUT2D eigenvalue weighted by Gasteiger charge is -2.31. The number of nitrogens with zero attached hydrogens (tertiary/aromatic N) is 2. The van der Waals surface area contributed by atoms with E-state index in [1.54, 1.807) is 27.0 Å². The van der Waals surface area contributed by atoms with Gasteiger partial charge >= 0.3 is 5.97 Å². The van der Waals surface area contributed by atoms with Crippen molar-refractivity contribution in [1.82, 2.24) is 100 Å². The molecule has 0 radical (unpaired) electrons. The molecule has 2 saturated heterocycles. The number of hydrogen-bond donors (Lipinski definition) is 31. The van der Waals surface area contributed by atoms with Crippen LogP contribution in [-0.2, 0) is 95.9 Å². The Bertz CT molecular complexity index is 4060. The highest BCUT2D eigenvalue weighted by Crippen LogP contribution is 2.24. The van der Waals surface area contributed by atoms with Gasteiger partial charge in [-0.2, -0.15) is 24.4 Å². The summed E-state index contributed by atoms with van der Waals surface area (Å²) in [5.74, 6) is -19.0. The number of aliphatic hydroxyl groups excluding tert-OH is 4. The summed E-state index contributed by atoms with van der Waals surface area (Å²) in [4.78, 5) is 279. The first kappa shape index (κ1) is 127. The molecule has 52 nitrogen and oxygen atoms in total. The molecule has 0 aromatic heterocycles. The number of carboxylic acid groups (broad SMARTS) is 1. The van der Waals surface area contributed by atoms with Crippen molar-refractivity contribution >= 4 is 143 Å². The fraction of sp³-hybridized carbons (Fsp3) is 0.770. The van der Waals surface area contributed by atoms with Crippen LogP contribution in [0, 0.1) is 11.8 Å². The summed E-state index contributed by atoms with van der Waals surface area (Å²) in [5.41, 5.74) is 35.8. The molecule has 141 heavy (non-hydrogen) atoms. The minimum absolute atomic E-state index is 0.00135. The van der Waals surface area contributed by atoms with E-state index in [1.165, 1.54) is 42.3 Å². The fourth-order valence-corrected chi connectivity index (χ4v) is 15.8. The van der Waals surface area contributed by atoms with E-state index in [0.717, 1.165) is 6.92 Å². The van der Waals surface area contributed by atoms with E-state index < -0.39 is 277 Å². The SMILES string of the molecule is CC[C@H](C)[C@H](NC(=O)[C@@H](NC(=O)[C@@H]([NH3+])CS)[C@@H](C)CC)C(=O)N[C@@H](CO)C(=O)N[C@@H](C)C(=O)N[C@@H](CCSC)C(=O)N1CCC[C@H]1C(=O)N[C@H](C(=O)N[C@@H](CCCC[NH3+])C(=O)N[C@@H](CO)C(=O)N[C@@H](CO)C(=O)N[C@@H](CCCNC(N)N)C(=O)N[C@@H](CCCC[NH3+])C(=O)N[C@@H](C)C(=O)N[C@@H](CCCC[NH3+])C(=O)N[C@@H](CCCC[NH3+])C(=O)N1CCC[C@H]1C(=O)N[C@@H](C)C(=O)N[C@@H](CCC(N)=O)C(=O)O)[C@@H](C)O. The molecule has 0 saturated carbocycles. The minimum atomic E-state index is -1.93. The van der Waals surface area contributed by atoms with Crippen molar-refractivity contribution in [3.8, 4) is 0 Å². The molecule has 2 aliphatic rings. The number of nitrogens with one attached hydrogen (secondary N) is 17. The van der Waals surface area contributed by atoms with Crippen LogP contribution >= 0.6 is 24.4 Å². The molecule has 0 aliphatic carbocycles. The molecule has 804 valence electrons. The van der Waals surface area contributed by atoms with E-state index in [4.69, 9.17) is 17.2 Å². The summed E-state index contributed by atoms with van der Waals surface area (Å²) < 4.78 is 0. The van der Waals surface area contributed by atoms with E-state index in [9.17, 15) is 121 Å². The molecule has 43 N–H and O–H groups in total. The number of thiol groups is 1. The van der Waals surface area contributed by atoms with Crippen molar-refractivity contribution in [2.75, 3.05) is 83.4 Å². The Morgan fingerprint density at radius 3 is 1.08 bits per heavy atom. The number of rotatable bonds is 71. The molecule has 19 amide bonds. The normalized spacial score (nSPS) is 17.8. The zero-order valence-corrected chi connectivity index (χ0v) is 84.7. The number of thioether (sulfide) groups is 1. The second-order valence-electron chi connectivity index (χ2n) is 35.7. The van der Waals surface area contributed by atoms with Gasteiger partial charge in [-0.1, -0.05) is 40.5 Å². The Kier molecular flexibility index (Phi) is 61.1. The van der Waals surface area contributed by atoms with Crippen LogP contribution in [0.25, 0.3) is 0 Å². The monoisotopic (exact) mass is 2050 g/mol. The van der Waals surface area contributed by atoms with Crippen LogP contribution in [0.15, 0.2) is 0 Å². The maximum absolute atomic E-state index is 14.6. The highest BCUT2D eigenvalue weighted by Gasteiger charge is 2.45. The third kappa shape index (κ3) is 44.6. The molecule has 2 fully saturated rings. The molecule has 0 aromatic carbocycles. The molecule has 2 rings (SSSR count). The number of aliphatic carboxylic acids is 1. The summed E-state index contributed by atoms with van der Waals surface area (Å²) in [6, 6.07) is -27.1. The molecule has 0 aromatic rings. The average Bonchev–Trinajstić information content (AvgIpc) is 1.72. The fourth-order valence-electron chi connectivity index (χ4n) is 15.2. The highest BCUT2D eigenvalue weighted by molar-refractivity contribution is 7.98. The van der Waals surface area contributed by atoms with Crippen LogP contribution in [0.5, 0.6) is 0 Å². The van der Waals surface area contributed by atoms with Gasteiger partial charge in [-0.05, 0) is 187 Å². The summed E-state index contributed by atoms with van der Waals surface area (Å²) in [5, 5.41) is 95.5. The number of hydrogen-bond acceptors (Lipinski definition) is 29. The van der Waals surface area contributed by atoms with Gasteiger partial charge in [-0.15, -0.1) is 0 Å². The average molecular weight is 2050 g/mol. The first-order chi connectivity index (χ1) is 66.7. The lowest BCUT2D eigenvalue weighted by molar-refractivity contribution is -0.396. The first-order valence-electron chi connectivity index (χ1n) is 48.6. The number of likely N-dealkylation sites (tertiary alicyclic amines) is 2. The number of unbranched alkanes of at least 4 members (excludes halogenated alkanes) is 4. The third-order valence-electron chi connectivity index (χ3n) is 24.3. The van der Waals surface area contributed by atoms with E-state index in [0.29, 0.717) is 89.7 Å². The highest BCUT2D eigenvalue weighted by atomic mass is 32.2. The summed E-state index contributed by atoms with van der Waals surface area (Å²) in [6.07, 6.45) is 2.78. The zero-order chi connectivity index (χ0) is 106. The summed E-state index contributed by atoms with van der Waals surface area (Å²) >= 11 is 5.44. The predicted octanol–water partition coefficient (Wildman–Crippen LogP) is -14.9. The van der Waals surface area contributed by atoms with Crippen LogP contribution in [-0.4, -0.2) is 364 Å². The Morgan fingerprint density at radius 1 is 0.390 bits per heavy atom. The van der Waals surface area contributed by atoms with Crippen molar-refractivity contribution in [3.63, 3.8) is 0 Å². The van der Waals surface area contributed by atoms with Crippen molar-refractivity contribution in [1.29, 1.82) is 0 Å². The number of amides is 19. The van der Waals surface area contributed by atoms with Crippen molar-refractivity contribution in [2.45, 2.75) is 330 Å². The van der Waals surface area contributed by atoms with Gasteiger partial charge in [-0.3, -0.25) is 96.4 Å². The molecule has 0 bridgehead atoms. The number of nitrogens with two attached hydrogens (primary N) is 3. The largest absolute Gasteiger partial charge is 0.480 e. The lowest BCUT2D eigenvalue weighted by atomic mass is 9.94. The van der Waals surface area contributed by atoms with Crippen LogP contribution in [0.2, 0.25) is 0 Å². The molecule has 54 heteroatoms. The van der Waals surface area contributed by atoms with Gasteiger partial charge in [0.05, 0.1) is 57.9 Å². The minimum Gasteiger partial charge on any atom is -0.480 e. The van der Waals surface area contributed by atoms with E-state index in [-0.39, 0.29) is 115 Å². The third-order valence-corrected chi connectivity index (χ3v) is 25.4. The molecule has 2 aliphatic heterocycles. The maximum Gasteiger partial charge on any atom is 0.326 e. The van der Waals surface area contributed by atoms with Crippen LogP contribution in [0.4, 0.5) is 0 Å². The second-order valence-corrected chi connectivity index (χ2v) is 37.1. The van der Waals surface area contributed by atoms with Gasteiger partial charge in [0.1, 0.15) is 115 Å². The second kappa shape index (κ2) is 68.0. The Labute approximate surface area is 831 Å². The quantitative estimate of drug-likeness (QED) is 0.0153. The summed E-state index contributed by atoms with van der Waals surface area (Å²) in [6.45, 7) is 10.5. The van der Waals surface area contributed by atoms with Crippen molar-refractivity contribution in [3.05, 3.63) is 0 Å². The maximum atomic E-state index is 14.6. The predicted molar refractivity (Wildman–Crippen MR) is 515 cm³/mol. The number of carbonyl (C=O) groups is 20. The number of primary amides is 1. The number of aliphatic hydroxyl groups is 4. The molecule has 2 heterocycles. The van der Waals surface area contributed by atoms with Crippen LogP contribution in [0.1, 0.15) is 203 Å². The van der Waals surface area contributed by atoms with Gasteiger partial charge in [0.2, 0.25) is 106 Å². The van der Waals surface area contributed by atoms with Gasteiger partial charge < -0.3 is 166 Å². The first-order valence-corrected chi connectivity index (χ1v) is 50.6. The van der Waals surface area contributed by atoms with Gasteiger partial charge in [0, 0.05) is 19.5 Å². The van der Waals surface area contributed by atoms with Crippen molar-refractivity contribution in [2.24, 2.45) is 29.0 Å². The van der Waals surface area contributed by atoms with Crippen LogP contribution < -0.4 is 136 Å². The van der Waals surface area contributed by atoms with E-state index >= 15 is 0 Å². The van der Waals surface area contributed by atoms with Gasteiger partial charge in [-0.25, -0.2) is 4.79 Å².